The first kappa shape index (κ1) is 9.83. The predicted octanol–water partition coefficient (Wildman–Crippen LogP) is -0.518. The number of fused-ring (bicyclic) bond motifs is 2. The van der Waals surface area contributed by atoms with Crippen molar-refractivity contribution in [1.82, 2.24) is 5.32 Å². The van der Waals surface area contributed by atoms with Gasteiger partial charge >= 0.3 is 0 Å². The Morgan fingerprint density at radius 2 is 2.29 bits per heavy atom. The monoisotopic (exact) mass is 205 g/mol. The summed E-state index contributed by atoms with van der Waals surface area (Å²) in [4.78, 5) is 11.5. The van der Waals surface area contributed by atoms with E-state index in [-0.39, 0.29) is 11.8 Å². The molecule has 2 heterocycles. The Hall–Kier alpha value is -0.710. The Labute approximate surface area is 81.2 Å². The second kappa shape index (κ2) is 3.81. The standard InChI is InChI=1S/C9H14F2N2O/c10-8(11)4-12-9(14)6-3-5-1-2-7(6)13-5/h5-8,13H,1-4H2,(H,12,14)/p+1. The highest BCUT2D eigenvalue weighted by Crippen LogP contribution is 2.27. The van der Waals surface area contributed by atoms with E-state index in [1.54, 1.807) is 0 Å². The van der Waals surface area contributed by atoms with Crippen LogP contribution in [0.4, 0.5) is 8.78 Å². The molecule has 2 saturated heterocycles. The summed E-state index contributed by atoms with van der Waals surface area (Å²) in [5.41, 5.74) is 0. The normalized spacial score (nSPS) is 35.2. The highest BCUT2D eigenvalue weighted by molar-refractivity contribution is 5.79. The molecule has 0 radical (unpaired) electrons. The van der Waals surface area contributed by atoms with Crippen LogP contribution in [-0.2, 0) is 4.79 Å². The minimum atomic E-state index is -2.44. The number of alkyl halides is 2. The van der Waals surface area contributed by atoms with Crippen molar-refractivity contribution in [1.29, 1.82) is 0 Å². The summed E-state index contributed by atoms with van der Waals surface area (Å²) in [6, 6.07) is 0.903. The number of carbonyl (C=O) groups is 1. The van der Waals surface area contributed by atoms with Gasteiger partial charge < -0.3 is 10.6 Å². The molecule has 0 aromatic heterocycles. The topological polar surface area (TPSA) is 45.7 Å². The molecule has 0 aromatic carbocycles. The van der Waals surface area contributed by atoms with Gasteiger partial charge in [-0.05, 0) is 0 Å². The Morgan fingerprint density at radius 1 is 1.50 bits per heavy atom. The van der Waals surface area contributed by atoms with Gasteiger partial charge in [-0.15, -0.1) is 0 Å². The average Bonchev–Trinajstić information content (AvgIpc) is 2.74. The zero-order valence-corrected chi connectivity index (χ0v) is 7.88. The Morgan fingerprint density at radius 3 is 2.79 bits per heavy atom. The number of nitrogens with two attached hydrogens (primary N) is 1. The number of nitrogens with one attached hydrogen (secondary N) is 1. The first-order valence-electron chi connectivity index (χ1n) is 5.07. The summed E-state index contributed by atoms with van der Waals surface area (Å²) < 4.78 is 23.7. The van der Waals surface area contributed by atoms with Crippen LogP contribution < -0.4 is 10.6 Å². The maximum absolute atomic E-state index is 11.8. The van der Waals surface area contributed by atoms with Gasteiger partial charge in [-0.1, -0.05) is 0 Å². The average molecular weight is 205 g/mol. The van der Waals surface area contributed by atoms with E-state index in [2.05, 4.69) is 10.6 Å². The fourth-order valence-electron chi connectivity index (χ4n) is 2.59. The van der Waals surface area contributed by atoms with Gasteiger partial charge in [0.05, 0.1) is 24.5 Å². The number of hydrogen-bond acceptors (Lipinski definition) is 1. The summed E-state index contributed by atoms with van der Waals surface area (Å²) in [5.74, 6) is -0.221. The lowest BCUT2D eigenvalue weighted by atomic mass is 9.88. The Bertz CT molecular complexity index is 235. The number of halogens is 2. The quantitative estimate of drug-likeness (QED) is 0.640. The van der Waals surface area contributed by atoms with E-state index in [1.165, 1.54) is 6.42 Å². The summed E-state index contributed by atoms with van der Waals surface area (Å²) in [6.45, 7) is -0.507. The van der Waals surface area contributed by atoms with Crippen molar-refractivity contribution >= 4 is 5.91 Å². The van der Waals surface area contributed by atoms with Crippen LogP contribution in [0, 0.1) is 5.92 Å². The van der Waals surface area contributed by atoms with Gasteiger partial charge in [-0.2, -0.15) is 0 Å². The summed E-state index contributed by atoms with van der Waals surface area (Å²) in [6.07, 6.45) is 0.641. The van der Waals surface area contributed by atoms with E-state index in [9.17, 15) is 13.6 Å². The minimum Gasteiger partial charge on any atom is -0.350 e. The van der Waals surface area contributed by atoms with Gasteiger partial charge in [0.25, 0.3) is 6.43 Å². The molecule has 3 nitrogen and oxygen atoms in total. The number of rotatable bonds is 3. The van der Waals surface area contributed by atoms with Crippen LogP contribution in [-0.4, -0.2) is 31.0 Å². The summed E-state index contributed by atoms with van der Waals surface area (Å²) >= 11 is 0. The van der Waals surface area contributed by atoms with E-state index < -0.39 is 13.0 Å². The molecule has 80 valence electrons. The van der Waals surface area contributed by atoms with Crippen LogP contribution in [0.25, 0.3) is 0 Å². The largest absolute Gasteiger partial charge is 0.350 e. The molecule has 3 N–H and O–H groups in total. The number of carbonyl (C=O) groups excluding carboxylic acids is 1. The minimum absolute atomic E-state index is 0.0347. The number of quaternary nitrogens is 1. The molecule has 0 aromatic rings. The summed E-state index contributed by atoms with van der Waals surface area (Å²) in [5, 5.41) is 4.51. The van der Waals surface area contributed by atoms with Gasteiger partial charge in [0.15, 0.2) is 0 Å². The van der Waals surface area contributed by atoms with Crippen LogP contribution >= 0.6 is 0 Å². The maximum atomic E-state index is 11.8. The first-order chi connectivity index (χ1) is 6.66. The molecule has 5 heteroatoms. The molecular weight excluding hydrogens is 190 g/mol. The molecule has 3 unspecified atom stereocenters. The lowest BCUT2D eigenvalue weighted by Crippen LogP contribution is -2.88. The van der Waals surface area contributed by atoms with Gasteiger partial charge in [-0.25, -0.2) is 8.78 Å². The third-order valence-electron chi connectivity index (χ3n) is 3.23. The Balaban J connectivity index is 1.81. The van der Waals surface area contributed by atoms with E-state index >= 15 is 0 Å². The molecule has 2 aliphatic heterocycles. The molecule has 2 rings (SSSR count). The molecule has 0 spiro atoms. The molecule has 3 atom stereocenters. The van der Waals surface area contributed by atoms with Crippen molar-refractivity contribution in [3.05, 3.63) is 0 Å². The molecule has 0 saturated carbocycles. The van der Waals surface area contributed by atoms with E-state index in [0.717, 1.165) is 12.8 Å². The van der Waals surface area contributed by atoms with Crippen molar-refractivity contribution in [3.63, 3.8) is 0 Å². The van der Waals surface area contributed by atoms with Crippen molar-refractivity contribution in [3.8, 4) is 0 Å². The fourth-order valence-corrected chi connectivity index (χ4v) is 2.59. The predicted molar refractivity (Wildman–Crippen MR) is 45.9 cm³/mol. The van der Waals surface area contributed by atoms with Gasteiger partial charge in [-0.3, -0.25) is 4.79 Å². The Kier molecular flexibility index (Phi) is 2.67. The maximum Gasteiger partial charge on any atom is 0.255 e. The van der Waals surface area contributed by atoms with E-state index in [1.807, 2.05) is 0 Å². The van der Waals surface area contributed by atoms with Gasteiger partial charge in [0, 0.05) is 19.3 Å². The van der Waals surface area contributed by atoms with Crippen molar-refractivity contribution in [2.75, 3.05) is 6.54 Å². The zero-order valence-electron chi connectivity index (χ0n) is 7.88. The van der Waals surface area contributed by atoms with Crippen molar-refractivity contribution in [2.24, 2.45) is 5.92 Å². The van der Waals surface area contributed by atoms with Crippen LogP contribution in [0.2, 0.25) is 0 Å². The summed E-state index contributed by atoms with van der Waals surface area (Å²) in [7, 11) is 0. The molecule has 14 heavy (non-hydrogen) atoms. The van der Waals surface area contributed by atoms with Crippen LogP contribution in [0.1, 0.15) is 19.3 Å². The lowest BCUT2D eigenvalue weighted by Gasteiger charge is -2.15. The van der Waals surface area contributed by atoms with Crippen molar-refractivity contribution < 1.29 is 18.9 Å². The molecule has 1 amide bonds. The number of hydrogen-bond donors (Lipinski definition) is 2. The van der Waals surface area contributed by atoms with E-state index in [0.29, 0.717) is 12.1 Å². The SMILES string of the molecule is O=C(NCC(F)F)C1CC2CCC1[NH2+]2. The molecule has 0 aliphatic carbocycles. The molecule has 2 fully saturated rings. The van der Waals surface area contributed by atoms with E-state index in [4.69, 9.17) is 0 Å². The lowest BCUT2D eigenvalue weighted by molar-refractivity contribution is -0.683. The third-order valence-corrected chi connectivity index (χ3v) is 3.23. The van der Waals surface area contributed by atoms with Gasteiger partial charge in [0.1, 0.15) is 0 Å². The zero-order chi connectivity index (χ0) is 10.1. The number of amides is 1. The third kappa shape index (κ3) is 1.87. The molecule has 2 bridgehead atoms. The first-order valence-corrected chi connectivity index (χ1v) is 5.07. The van der Waals surface area contributed by atoms with Crippen LogP contribution in [0.3, 0.4) is 0 Å². The smallest absolute Gasteiger partial charge is 0.255 e. The van der Waals surface area contributed by atoms with Crippen LogP contribution in [0.15, 0.2) is 0 Å². The highest BCUT2D eigenvalue weighted by Gasteiger charge is 2.46. The highest BCUT2D eigenvalue weighted by atomic mass is 19.3. The molecular formula is C9H15F2N2O+. The second-order valence-corrected chi connectivity index (χ2v) is 4.17. The van der Waals surface area contributed by atoms with Crippen LogP contribution in [0.5, 0.6) is 0 Å². The fraction of sp³-hybridized carbons (Fsp3) is 0.889. The van der Waals surface area contributed by atoms with Crippen molar-refractivity contribution in [2.45, 2.75) is 37.8 Å². The van der Waals surface area contributed by atoms with Gasteiger partial charge in [0.2, 0.25) is 5.91 Å². The molecule has 2 aliphatic rings. The second-order valence-electron chi connectivity index (χ2n) is 4.17.